The molecule has 0 amide bonds. The maximum atomic E-state index is 6.41. The van der Waals surface area contributed by atoms with Crippen molar-refractivity contribution in [3.8, 4) is 0 Å². The second-order valence-corrected chi connectivity index (χ2v) is 9.83. The third-order valence-corrected chi connectivity index (χ3v) is 7.55. The molecule has 0 aliphatic carbocycles. The number of rotatable bonds is 4. The van der Waals surface area contributed by atoms with Gasteiger partial charge < -0.3 is 10.5 Å². The number of aromatic nitrogens is 2. The number of hydrogen-bond acceptors (Lipinski definition) is 6. The quantitative estimate of drug-likeness (QED) is 0.332. The van der Waals surface area contributed by atoms with Crippen LogP contribution in [-0.4, -0.2) is 16.1 Å². The molecule has 29 heavy (non-hydrogen) atoms. The van der Waals surface area contributed by atoms with Gasteiger partial charge in [0, 0.05) is 17.1 Å². The molecule has 1 aliphatic heterocycles. The number of fused-ring (bicyclic) bond motifs is 4. The largest absolute Gasteiger partial charge is 0.383 e. The minimum Gasteiger partial charge on any atom is -0.383 e. The van der Waals surface area contributed by atoms with Crippen LogP contribution in [0.1, 0.15) is 29.9 Å². The molecule has 0 bridgehead atoms. The summed E-state index contributed by atoms with van der Waals surface area (Å²) in [4.78, 5) is 11.7. The van der Waals surface area contributed by atoms with Crippen molar-refractivity contribution in [1.29, 1.82) is 0 Å². The van der Waals surface area contributed by atoms with E-state index in [0.717, 1.165) is 27.5 Å². The molecule has 1 atom stereocenters. The summed E-state index contributed by atoms with van der Waals surface area (Å²) in [6, 6.07) is 14.9. The van der Waals surface area contributed by atoms with Gasteiger partial charge in [-0.3, -0.25) is 0 Å². The number of ether oxygens (including phenoxy) is 1. The van der Waals surface area contributed by atoms with Gasteiger partial charge in [0.05, 0.1) is 18.1 Å². The van der Waals surface area contributed by atoms with Gasteiger partial charge in [-0.05, 0) is 27.8 Å². The highest BCUT2D eigenvalue weighted by molar-refractivity contribution is 7.98. The van der Waals surface area contributed by atoms with E-state index in [1.54, 1.807) is 23.1 Å². The Hall–Kier alpha value is -2.15. The number of hydrogen-bond donors (Lipinski definition) is 1. The summed E-state index contributed by atoms with van der Waals surface area (Å²) >= 11 is 3.34. The van der Waals surface area contributed by atoms with Gasteiger partial charge in [0.1, 0.15) is 10.6 Å². The van der Waals surface area contributed by atoms with E-state index in [-0.39, 0.29) is 6.10 Å². The van der Waals surface area contributed by atoms with Crippen LogP contribution in [0.4, 0.5) is 5.82 Å². The fourth-order valence-electron chi connectivity index (χ4n) is 3.94. The smallest absolute Gasteiger partial charge is 0.191 e. The summed E-state index contributed by atoms with van der Waals surface area (Å²) in [5.41, 5.74) is 8.98. The van der Waals surface area contributed by atoms with Crippen LogP contribution in [0, 0.1) is 5.92 Å². The molecule has 0 spiro atoms. The van der Waals surface area contributed by atoms with Crippen molar-refractivity contribution in [2.24, 2.45) is 5.92 Å². The summed E-state index contributed by atoms with van der Waals surface area (Å²) in [7, 11) is 0. The van der Waals surface area contributed by atoms with E-state index < -0.39 is 0 Å². The highest BCUT2D eigenvalue weighted by Gasteiger charge is 2.27. The first-order valence-corrected chi connectivity index (χ1v) is 11.7. The highest BCUT2D eigenvalue weighted by atomic mass is 32.2. The summed E-state index contributed by atoms with van der Waals surface area (Å²) in [6.45, 7) is 5.05. The molecule has 2 aromatic carbocycles. The van der Waals surface area contributed by atoms with Gasteiger partial charge in [-0.15, -0.1) is 11.3 Å². The number of nitrogens with two attached hydrogens (primary N) is 1. The van der Waals surface area contributed by atoms with Crippen LogP contribution in [-0.2, 0) is 23.5 Å². The van der Waals surface area contributed by atoms with Crippen LogP contribution in [0.3, 0.4) is 0 Å². The van der Waals surface area contributed by atoms with Gasteiger partial charge in [-0.1, -0.05) is 68.1 Å². The molecule has 1 unspecified atom stereocenters. The first kappa shape index (κ1) is 18.9. The van der Waals surface area contributed by atoms with Crippen LogP contribution < -0.4 is 5.73 Å². The Morgan fingerprint density at radius 1 is 1.17 bits per heavy atom. The van der Waals surface area contributed by atoms with E-state index in [4.69, 9.17) is 15.5 Å². The molecular formula is C23H23N3OS2. The SMILES string of the molecule is CC(C)C1Cc2c(sc3nc(SCc4cccc5ccccc45)nc(N)c23)CO1. The molecule has 4 aromatic rings. The predicted molar refractivity (Wildman–Crippen MR) is 122 cm³/mol. The third kappa shape index (κ3) is 3.50. The molecular weight excluding hydrogens is 398 g/mol. The minimum atomic E-state index is 0.236. The van der Waals surface area contributed by atoms with E-state index in [1.165, 1.54) is 26.8 Å². The molecule has 2 aromatic heterocycles. The van der Waals surface area contributed by atoms with E-state index in [2.05, 4.69) is 61.3 Å². The standard InChI is InChI=1S/C23H23N3OS2/c1-13(2)18-10-17-19(11-27-18)29-22-20(17)21(24)25-23(26-22)28-12-15-8-5-7-14-6-3-4-9-16(14)15/h3-9,13,18H,10-12H2,1-2H3,(H2,24,25,26). The molecule has 148 valence electrons. The number of anilines is 1. The lowest BCUT2D eigenvalue weighted by Crippen LogP contribution is -2.26. The van der Waals surface area contributed by atoms with Gasteiger partial charge in [0.2, 0.25) is 0 Å². The van der Waals surface area contributed by atoms with Crippen LogP contribution in [0.25, 0.3) is 21.0 Å². The summed E-state index contributed by atoms with van der Waals surface area (Å²) in [5.74, 6) is 1.89. The fraction of sp³-hybridized carbons (Fsp3) is 0.304. The normalized spacial score (nSPS) is 16.6. The molecule has 3 heterocycles. The van der Waals surface area contributed by atoms with Crippen LogP contribution in [0.15, 0.2) is 47.6 Å². The Balaban J connectivity index is 1.45. The van der Waals surface area contributed by atoms with Gasteiger partial charge in [-0.25, -0.2) is 9.97 Å². The Bertz CT molecular complexity index is 1200. The molecule has 6 heteroatoms. The lowest BCUT2D eigenvalue weighted by atomic mass is 9.96. The first-order chi connectivity index (χ1) is 14.1. The fourth-order valence-corrected chi connectivity index (χ4v) is 5.98. The molecule has 1 aliphatic rings. The van der Waals surface area contributed by atoms with Crippen molar-refractivity contribution in [1.82, 2.24) is 9.97 Å². The van der Waals surface area contributed by atoms with E-state index in [1.807, 2.05) is 0 Å². The highest BCUT2D eigenvalue weighted by Crippen LogP contribution is 2.39. The third-order valence-electron chi connectivity index (χ3n) is 5.56. The lowest BCUT2D eigenvalue weighted by molar-refractivity contribution is 0.00203. The Kier molecular flexibility index (Phi) is 4.94. The monoisotopic (exact) mass is 421 g/mol. The summed E-state index contributed by atoms with van der Waals surface area (Å²) in [6.07, 6.45) is 1.13. The molecule has 4 nitrogen and oxygen atoms in total. The number of thiophene rings is 1. The zero-order valence-corrected chi connectivity index (χ0v) is 18.1. The van der Waals surface area contributed by atoms with Crippen molar-refractivity contribution in [3.63, 3.8) is 0 Å². The van der Waals surface area contributed by atoms with Crippen LogP contribution in [0.5, 0.6) is 0 Å². The summed E-state index contributed by atoms with van der Waals surface area (Å²) in [5, 5.41) is 4.31. The Morgan fingerprint density at radius 3 is 2.86 bits per heavy atom. The number of thioether (sulfide) groups is 1. The molecule has 2 N–H and O–H groups in total. The van der Waals surface area contributed by atoms with E-state index in [0.29, 0.717) is 18.3 Å². The van der Waals surface area contributed by atoms with Crippen molar-refractivity contribution >= 4 is 49.9 Å². The Morgan fingerprint density at radius 2 is 2.00 bits per heavy atom. The summed E-state index contributed by atoms with van der Waals surface area (Å²) < 4.78 is 6.03. The van der Waals surface area contributed by atoms with Crippen molar-refractivity contribution in [2.45, 2.75) is 43.9 Å². The zero-order chi connectivity index (χ0) is 20.0. The average molecular weight is 422 g/mol. The predicted octanol–water partition coefficient (Wildman–Crippen LogP) is 5.82. The second-order valence-electron chi connectivity index (χ2n) is 7.80. The number of nitrogen functional groups attached to an aromatic ring is 1. The van der Waals surface area contributed by atoms with E-state index >= 15 is 0 Å². The topological polar surface area (TPSA) is 61.0 Å². The average Bonchev–Trinajstić information content (AvgIpc) is 3.10. The molecule has 0 saturated heterocycles. The molecule has 5 rings (SSSR count). The van der Waals surface area contributed by atoms with Crippen molar-refractivity contribution in [2.75, 3.05) is 5.73 Å². The Labute approximate surface area is 178 Å². The minimum absolute atomic E-state index is 0.236. The first-order valence-electron chi connectivity index (χ1n) is 9.89. The second kappa shape index (κ2) is 7.59. The molecule has 0 fully saturated rings. The van der Waals surface area contributed by atoms with E-state index in [9.17, 15) is 0 Å². The maximum Gasteiger partial charge on any atom is 0.191 e. The molecule has 0 saturated carbocycles. The van der Waals surface area contributed by atoms with Crippen molar-refractivity contribution < 1.29 is 4.74 Å². The van der Waals surface area contributed by atoms with Gasteiger partial charge >= 0.3 is 0 Å². The maximum absolute atomic E-state index is 6.41. The number of benzene rings is 2. The van der Waals surface area contributed by atoms with Gasteiger partial charge in [0.25, 0.3) is 0 Å². The van der Waals surface area contributed by atoms with Crippen LogP contribution >= 0.6 is 23.1 Å². The van der Waals surface area contributed by atoms with Gasteiger partial charge in [0.15, 0.2) is 5.16 Å². The lowest BCUT2D eigenvalue weighted by Gasteiger charge is -2.26. The van der Waals surface area contributed by atoms with Crippen LogP contribution in [0.2, 0.25) is 0 Å². The van der Waals surface area contributed by atoms with Crippen molar-refractivity contribution in [3.05, 3.63) is 58.5 Å². The number of nitrogens with zero attached hydrogens (tertiary/aromatic N) is 2. The zero-order valence-electron chi connectivity index (χ0n) is 16.5. The molecule has 0 radical (unpaired) electrons. The van der Waals surface area contributed by atoms with Gasteiger partial charge in [-0.2, -0.15) is 0 Å².